The van der Waals surface area contributed by atoms with E-state index < -0.39 is 0 Å². The van der Waals surface area contributed by atoms with Gasteiger partial charge in [-0.05, 0) is 34.1 Å². The summed E-state index contributed by atoms with van der Waals surface area (Å²) in [6.07, 6.45) is 1.73. The molecule has 0 bridgehead atoms. The highest BCUT2D eigenvalue weighted by atomic mass is 79.9. The number of anilines is 1. The quantitative estimate of drug-likeness (QED) is 0.744. The molecule has 4 heteroatoms. The number of nitrogens with zero attached hydrogens (tertiary/aromatic N) is 2. The van der Waals surface area contributed by atoms with Gasteiger partial charge in [0.25, 0.3) is 0 Å². The molecule has 2 rings (SSSR count). The fraction of sp³-hybridized carbons (Fsp3) is 0. The lowest BCUT2D eigenvalue weighted by Crippen LogP contribution is -1.92. The predicted octanol–water partition coefficient (Wildman–Crippen LogP) is 1.97. The SMILES string of the molecule is Nc1nc2cccnc2cc1Br. The van der Waals surface area contributed by atoms with Crippen LogP contribution in [0.3, 0.4) is 0 Å². The van der Waals surface area contributed by atoms with Crippen LogP contribution in [0.4, 0.5) is 5.82 Å². The molecule has 2 aromatic heterocycles. The molecule has 2 heterocycles. The number of halogens is 1. The van der Waals surface area contributed by atoms with Crippen molar-refractivity contribution in [3.05, 3.63) is 28.9 Å². The van der Waals surface area contributed by atoms with Crippen LogP contribution >= 0.6 is 15.9 Å². The van der Waals surface area contributed by atoms with Crippen LogP contribution < -0.4 is 5.73 Å². The molecule has 2 aromatic rings. The predicted molar refractivity (Wildman–Crippen MR) is 51.7 cm³/mol. The molecule has 0 aliphatic carbocycles. The van der Waals surface area contributed by atoms with E-state index in [4.69, 9.17) is 5.73 Å². The van der Waals surface area contributed by atoms with Crippen molar-refractivity contribution in [3.63, 3.8) is 0 Å². The van der Waals surface area contributed by atoms with Crippen molar-refractivity contribution in [1.29, 1.82) is 0 Å². The van der Waals surface area contributed by atoms with Gasteiger partial charge in [0, 0.05) is 6.20 Å². The minimum Gasteiger partial charge on any atom is -0.383 e. The first-order valence-corrected chi connectivity index (χ1v) is 4.23. The van der Waals surface area contributed by atoms with Crippen molar-refractivity contribution in [2.75, 3.05) is 5.73 Å². The molecule has 3 nitrogen and oxygen atoms in total. The minimum atomic E-state index is 0.496. The van der Waals surface area contributed by atoms with Gasteiger partial charge in [-0.2, -0.15) is 0 Å². The molecule has 0 saturated carbocycles. The van der Waals surface area contributed by atoms with Gasteiger partial charge in [-0.3, -0.25) is 4.98 Å². The second-order valence-electron chi connectivity index (χ2n) is 2.40. The van der Waals surface area contributed by atoms with E-state index in [1.54, 1.807) is 6.20 Å². The average Bonchev–Trinajstić information content (AvgIpc) is 2.07. The fourth-order valence-electron chi connectivity index (χ4n) is 0.992. The highest BCUT2D eigenvalue weighted by molar-refractivity contribution is 9.10. The van der Waals surface area contributed by atoms with Crippen LogP contribution in [0.5, 0.6) is 0 Å². The lowest BCUT2D eigenvalue weighted by atomic mass is 10.3. The number of pyridine rings is 2. The van der Waals surface area contributed by atoms with Crippen LogP contribution in [0.1, 0.15) is 0 Å². The molecule has 0 atom stereocenters. The van der Waals surface area contributed by atoms with Crippen molar-refractivity contribution in [2.24, 2.45) is 0 Å². The molecule has 0 spiro atoms. The van der Waals surface area contributed by atoms with Gasteiger partial charge in [-0.1, -0.05) is 0 Å². The summed E-state index contributed by atoms with van der Waals surface area (Å²) in [4.78, 5) is 8.28. The van der Waals surface area contributed by atoms with Gasteiger partial charge in [-0.15, -0.1) is 0 Å². The maximum atomic E-state index is 5.60. The minimum absolute atomic E-state index is 0.496. The topological polar surface area (TPSA) is 51.8 Å². The second kappa shape index (κ2) is 2.71. The third-order valence-corrected chi connectivity index (χ3v) is 2.20. The zero-order valence-electron chi connectivity index (χ0n) is 6.16. The molecule has 60 valence electrons. The Morgan fingerprint density at radius 1 is 1.33 bits per heavy atom. The van der Waals surface area contributed by atoms with Crippen LogP contribution in [0.2, 0.25) is 0 Å². The standard InChI is InChI=1S/C8H6BrN3/c9-5-4-7-6(12-8(5)10)2-1-3-11-7/h1-4H,(H2,10,12). The van der Waals surface area contributed by atoms with Gasteiger partial charge >= 0.3 is 0 Å². The zero-order valence-corrected chi connectivity index (χ0v) is 7.75. The van der Waals surface area contributed by atoms with Crippen molar-refractivity contribution in [1.82, 2.24) is 9.97 Å². The van der Waals surface area contributed by atoms with Crippen LogP contribution in [0.15, 0.2) is 28.9 Å². The monoisotopic (exact) mass is 223 g/mol. The van der Waals surface area contributed by atoms with E-state index in [1.165, 1.54) is 0 Å². The molecule has 0 fully saturated rings. The first kappa shape index (κ1) is 7.49. The summed E-state index contributed by atoms with van der Waals surface area (Å²) in [6, 6.07) is 5.57. The van der Waals surface area contributed by atoms with E-state index in [1.807, 2.05) is 18.2 Å². The smallest absolute Gasteiger partial charge is 0.138 e. The van der Waals surface area contributed by atoms with E-state index in [2.05, 4.69) is 25.9 Å². The van der Waals surface area contributed by atoms with Gasteiger partial charge in [0.15, 0.2) is 0 Å². The Morgan fingerprint density at radius 3 is 3.00 bits per heavy atom. The van der Waals surface area contributed by atoms with E-state index in [0.717, 1.165) is 15.5 Å². The van der Waals surface area contributed by atoms with Gasteiger partial charge in [-0.25, -0.2) is 4.98 Å². The Morgan fingerprint density at radius 2 is 2.17 bits per heavy atom. The molecular formula is C8H6BrN3. The number of aromatic nitrogens is 2. The molecule has 0 amide bonds. The maximum absolute atomic E-state index is 5.60. The highest BCUT2D eigenvalue weighted by Gasteiger charge is 2.00. The summed E-state index contributed by atoms with van der Waals surface area (Å²) in [6.45, 7) is 0. The van der Waals surface area contributed by atoms with Gasteiger partial charge in [0.1, 0.15) is 5.82 Å². The highest BCUT2D eigenvalue weighted by Crippen LogP contribution is 2.20. The summed E-state index contributed by atoms with van der Waals surface area (Å²) in [5.41, 5.74) is 7.26. The first-order valence-electron chi connectivity index (χ1n) is 3.44. The summed E-state index contributed by atoms with van der Waals surface area (Å²) < 4.78 is 0.786. The molecule has 2 N–H and O–H groups in total. The van der Waals surface area contributed by atoms with Crippen molar-refractivity contribution >= 4 is 32.8 Å². The molecule has 0 unspecified atom stereocenters. The number of nitrogens with two attached hydrogens (primary N) is 1. The van der Waals surface area contributed by atoms with Crippen LogP contribution in [0, 0.1) is 0 Å². The summed E-state index contributed by atoms with van der Waals surface area (Å²) in [5.74, 6) is 0.496. The number of rotatable bonds is 0. The van der Waals surface area contributed by atoms with Crippen molar-refractivity contribution < 1.29 is 0 Å². The van der Waals surface area contributed by atoms with Crippen molar-refractivity contribution in [2.45, 2.75) is 0 Å². The van der Waals surface area contributed by atoms with Crippen LogP contribution in [0.25, 0.3) is 11.0 Å². The molecule has 0 saturated heterocycles. The molecule has 12 heavy (non-hydrogen) atoms. The lowest BCUT2D eigenvalue weighted by molar-refractivity contribution is 1.33. The Balaban J connectivity index is 2.84. The van der Waals surface area contributed by atoms with Crippen LogP contribution in [-0.2, 0) is 0 Å². The molecule has 0 aliphatic heterocycles. The molecule has 0 radical (unpaired) electrons. The van der Waals surface area contributed by atoms with Crippen molar-refractivity contribution in [3.8, 4) is 0 Å². The fourth-order valence-corrected chi connectivity index (χ4v) is 1.30. The van der Waals surface area contributed by atoms with Gasteiger partial charge in [0.2, 0.25) is 0 Å². The number of fused-ring (bicyclic) bond motifs is 1. The first-order chi connectivity index (χ1) is 5.77. The summed E-state index contributed by atoms with van der Waals surface area (Å²) in [7, 11) is 0. The van der Waals surface area contributed by atoms with E-state index in [9.17, 15) is 0 Å². The summed E-state index contributed by atoms with van der Waals surface area (Å²) in [5, 5.41) is 0. The van der Waals surface area contributed by atoms with Crippen LogP contribution in [-0.4, -0.2) is 9.97 Å². The van der Waals surface area contributed by atoms with E-state index in [0.29, 0.717) is 5.82 Å². The Bertz CT molecular complexity index is 387. The average molecular weight is 224 g/mol. The summed E-state index contributed by atoms with van der Waals surface area (Å²) >= 11 is 3.29. The second-order valence-corrected chi connectivity index (χ2v) is 3.25. The number of nitrogen functional groups attached to an aromatic ring is 1. The Kier molecular flexibility index (Phi) is 1.69. The third-order valence-electron chi connectivity index (χ3n) is 1.57. The van der Waals surface area contributed by atoms with E-state index in [-0.39, 0.29) is 0 Å². The van der Waals surface area contributed by atoms with Gasteiger partial charge < -0.3 is 5.73 Å². The molecule has 0 aliphatic rings. The molecular weight excluding hydrogens is 218 g/mol. The zero-order chi connectivity index (χ0) is 8.55. The Hall–Kier alpha value is -1.16. The number of hydrogen-bond donors (Lipinski definition) is 1. The lowest BCUT2D eigenvalue weighted by Gasteiger charge is -1.99. The van der Waals surface area contributed by atoms with E-state index >= 15 is 0 Å². The third kappa shape index (κ3) is 1.14. The Labute approximate surface area is 77.8 Å². The molecule has 0 aromatic carbocycles. The maximum Gasteiger partial charge on any atom is 0.138 e. The largest absolute Gasteiger partial charge is 0.383 e. The van der Waals surface area contributed by atoms with Gasteiger partial charge in [0.05, 0.1) is 15.5 Å². The number of hydrogen-bond acceptors (Lipinski definition) is 3. The normalized spacial score (nSPS) is 10.4.